The van der Waals surface area contributed by atoms with E-state index < -0.39 is 17.5 Å². The van der Waals surface area contributed by atoms with E-state index in [2.05, 4.69) is 20.2 Å². The molecule has 2 aromatic heterocycles. The molecule has 7 rings (SSSR count). The first-order valence-corrected chi connectivity index (χ1v) is 13.5. The summed E-state index contributed by atoms with van der Waals surface area (Å²) in [6.45, 7) is 3.82. The van der Waals surface area contributed by atoms with Crippen LogP contribution in [0.2, 0.25) is 0 Å². The van der Waals surface area contributed by atoms with Crippen LogP contribution in [0.5, 0.6) is 5.75 Å². The van der Waals surface area contributed by atoms with Gasteiger partial charge in [-0.25, -0.2) is 14.4 Å². The molecule has 2 aromatic carbocycles. The highest BCUT2D eigenvalue weighted by molar-refractivity contribution is 6.47. The first kappa shape index (κ1) is 25.2. The highest BCUT2D eigenvalue weighted by atomic mass is 19.1. The third-order valence-corrected chi connectivity index (χ3v) is 7.73. The number of anilines is 3. The molecule has 4 aromatic rings. The lowest BCUT2D eigenvalue weighted by atomic mass is 10.0. The van der Waals surface area contributed by atoms with Gasteiger partial charge in [0.05, 0.1) is 37.3 Å². The number of rotatable bonds is 5. The maximum atomic E-state index is 13.6. The minimum atomic E-state index is -0.712. The number of ketones is 1. The van der Waals surface area contributed by atoms with Gasteiger partial charge in [-0.05, 0) is 23.8 Å². The number of nitrogens with zero attached hydrogens (tertiary/aromatic N) is 5. The van der Waals surface area contributed by atoms with Gasteiger partial charge in [-0.1, -0.05) is 30.3 Å². The van der Waals surface area contributed by atoms with Crippen LogP contribution >= 0.6 is 0 Å². The molecule has 3 aliphatic heterocycles. The standard InChI is InChI=1S/C30H27FN6O4/c31-20-14-32-30(33-15-20)35-8-9-36-23(16-35)18-41-26-12-21(6-7-25(26)36)34-29(39)28(38)27-24(19-4-2-1-3-5-19)13-22-17-40-11-10-37(22)27/h1-7,12-15,23H,8-11,16-18H2,(H,34,39)/t23-/m0/s1. The third-order valence-electron chi connectivity index (χ3n) is 7.73. The Kier molecular flexibility index (Phi) is 6.35. The maximum absolute atomic E-state index is 13.6. The Labute approximate surface area is 235 Å². The first-order chi connectivity index (χ1) is 20.0. The minimum Gasteiger partial charge on any atom is -0.489 e. The molecule has 10 nitrogen and oxygen atoms in total. The highest BCUT2D eigenvalue weighted by Gasteiger charge is 2.34. The summed E-state index contributed by atoms with van der Waals surface area (Å²) in [7, 11) is 0. The Morgan fingerprint density at radius 1 is 1.00 bits per heavy atom. The monoisotopic (exact) mass is 554 g/mol. The van der Waals surface area contributed by atoms with E-state index in [4.69, 9.17) is 9.47 Å². The molecule has 0 radical (unpaired) electrons. The van der Waals surface area contributed by atoms with Gasteiger partial charge in [0.15, 0.2) is 5.82 Å². The lowest BCUT2D eigenvalue weighted by molar-refractivity contribution is -0.112. The van der Waals surface area contributed by atoms with Crippen LogP contribution in [-0.4, -0.2) is 65.1 Å². The molecular weight excluding hydrogens is 527 g/mol. The Morgan fingerprint density at radius 2 is 1.83 bits per heavy atom. The van der Waals surface area contributed by atoms with Crippen LogP contribution in [0.25, 0.3) is 11.1 Å². The summed E-state index contributed by atoms with van der Waals surface area (Å²) >= 11 is 0. The number of hydrogen-bond acceptors (Lipinski definition) is 8. The van der Waals surface area contributed by atoms with Crippen LogP contribution in [0, 0.1) is 5.82 Å². The van der Waals surface area contributed by atoms with Gasteiger partial charge >= 0.3 is 0 Å². The summed E-state index contributed by atoms with van der Waals surface area (Å²) in [6, 6.07) is 17.0. The fourth-order valence-corrected chi connectivity index (χ4v) is 5.78. The van der Waals surface area contributed by atoms with Crippen LogP contribution in [0.15, 0.2) is 67.0 Å². The molecule has 1 fully saturated rings. The van der Waals surface area contributed by atoms with E-state index in [0.29, 0.717) is 69.1 Å². The summed E-state index contributed by atoms with van der Waals surface area (Å²) in [5, 5.41) is 2.78. The average molecular weight is 555 g/mol. The number of hydrogen-bond donors (Lipinski definition) is 1. The minimum absolute atomic E-state index is 0.0628. The van der Waals surface area contributed by atoms with Gasteiger partial charge in [0.1, 0.15) is 18.1 Å². The molecule has 5 heterocycles. The Balaban J connectivity index is 1.09. The molecule has 3 aliphatic rings. The van der Waals surface area contributed by atoms with E-state index in [1.807, 2.05) is 51.9 Å². The molecule has 1 atom stereocenters. The fourth-order valence-electron chi connectivity index (χ4n) is 5.78. The van der Waals surface area contributed by atoms with Crippen molar-refractivity contribution in [1.29, 1.82) is 0 Å². The Bertz CT molecular complexity index is 1620. The van der Waals surface area contributed by atoms with Crippen LogP contribution in [-0.2, 0) is 22.7 Å². The number of ether oxygens (including phenoxy) is 2. The summed E-state index contributed by atoms with van der Waals surface area (Å²) in [4.78, 5) is 39.3. The van der Waals surface area contributed by atoms with Crippen molar-refractivity contribution in [1.82, 2.24) is 14.5 Å². The summed E-state index contributed by atoms with van der Waals surface area (Å²) in [5.74, 6) is -0.649. The van der Waals surface area contributed by atoms with Crippen molar-refractivity contribution < 1.29 is 23.5 Å². The van der Waals surface area contributed by atoms with Crippen LogP contribution < -0.4 is 19.9 Å². The van der Waals surface area contributed by atoms with Crippen molar-refractivity contribution in [2.45, 2.75) is 19.2 Å². The molecule has 1 amide bonds. The largest absolute Gasteiger partial charge is 0.489 e. The number of halogens is 1. The smallest absolute Gasteiger partial charge is 0.298 e. The Hall–Kier alpha value is -4.77. The SMILES string of the molecule is O=C(Nc1ccc2c(c1)OC[C@@H]1CN(c3ncc(F)cn3)CCN21)C(=O)c1c(-c2ccccc2)cc2n1CCOC2. The highest BCUT2D eigenvalue weighted by Crippen LogP contribution is 2.38. The third kappa shape index (κ3) is 4.67. The van der Waals surface area contributed by atoms with Gasteiger partial charge in [0.25, 0.3) is 11.7 Å². The quantitative estimate of drug-likeness (QED) is 0.296. The van der Waals surface area contributed by atoms with Crippen LogP contribution in [0.1, 0.15) is 16.2 Å². The topological polar surface area (TPSA) is 102 Å². The zero-order valence-electron chi connectivity index (χ0n) is 22.1. The second-order valence-corrected chi connectivity index (χ2v) is 10.2. The molecule has 0 saturated carbocycles. The number of piperazine rings is 1. The van der Waals surface area contributed by atoms with Gasteiger partial charge < -0.3 is 29.2 Å². The molecule has 1 saturated heterocycles. The van der Waals surface area contributed by atoms with Crippen LogP contribution in [0.3, 0.4) is 0 Å². The van der Waals surface area contributed by atoms with E-state index in [9.17, 15) is 14.0 Å². The molecule has 1 N–H and O–H groups in total. The van der Waals surface area contributed by atoms with E-state index in [-0.39, 0.29) is 6.04 Å². The van der Waals surface area contributed by atoms with Gasteiger partial charge in [-0.15, -0.1) is 0 Å². The zero-order chi connectivity index (χ0) is 27.9. The number of aromatic nitrogens is 3. The molecule has 11 heteroatoms. The molecule has 0 bridgehead atoms. The maximum Gasteiger partial charge on any atom is 0.298 e. The van der Waals surface area contributed by atoms with Crippen molar-refractivity contribution >= 4 is 29.0 Å². The van der Waals surface area contributed by atoms with E-state index in [1.165, 1.54) is 12.4 Å². The molecule has 0 aliphatic carbocycles. The van der Waals surface area contributed by atoms with Gasteiger partial charge in [-0.2, -0.15) is 0 Å². The second-order valence-electron chi connectivity index (χ2n) is 10.2. The molecule has 41 heavy (non-hydrogen) atoms. The predicted molar refractivity (Wildman–Crippen MR) is 150 cm³/mol. The lowest BCUT2D eigenvalue weighted by Crippen LogP contribution is -2.57. The number of Topliss-reactive ketones (excluding diaryl/α,β-unsaturated/α-hetero) is 1. The van der Waals surface area contributed by atoms with Crippen molar-refractivity contribution in [3.8, 4) is 16.9 Å². The number of nitrogens with one attached hydrogen (secondary N) is 1. The van der Waals surface area contributed by atoms with Crippen molar-refractivity contribution in [2.24, 2.45) is 0 Å². The van der Waals surface area contributed by atoms with Gasteiger partial charge in [0, 0.05) is 49.2 Å². The molecule has 0 unspecified atom stereocenters. The van der Waals surface area contributed by atoms with E-state index in [1.54, 1.807) is 12.1 Å². The number of carbonyl (C=O) groups is 2. The number of amides is 1. The van der Waals surface area contributed by atoms with E-state index >= 15 is 0 Å². The molecular formula is C30H27FN6O4. The van der Waals surface area contributed by atoms with Gasteiger partial charge in [-0.3, -0.25) is 9.59 Å². The number of benzene rings is 2. The number of fused-ring (bicyclic) bond motifs is 4. The second kappa shape index (κ2) is 10.3. The van der Waals surface area contributed by atoms with Crippen molar-refractivity contribution in [3.05, 3.63) is 84.2 Å². The fraction of sp³-hybridized carbons (Fsp3) is 0.267. The Morgan fingerprint density at radius 3 is 2.66 bits per heavy atom. The predicted octanol–water partition coefficient (Wildman–Crippen LogP) is 3.52. The first-order valence-electron chi connectivity index (χ1n) is 13.5. The van der Waals surface area contributed by atoms with Crippen molar-refractivity contribution in [3.63, 3.8) is 0 Å². The lowest BCUT2D eigenvalue weighted by Gasteiger charge is -2.45. The van der Waals surface area contributed by atoms with Gasteiger partial charge in [0.2, 0.25) is 5.95 Å². The zero-order valence-corrected chi connectivity index (χ0v) is 22.1. The number of carbonyl (C=O) groups excluding carboxylic acids is 2. The van der Waals surface area contributed by atoms with Crippen LogP contribution in [0.4, 0.5) is 21.7 Å². The molecule has 208 valence electrons. The summed E-state index contributed by atoms with van der Waals surface area (Å²) in [5.41, 5.74) is 4.22. The summed E-state index contributed by atoms with van der Waals surface area (Å²) in [6.07, 6.45) is 2.34. The van der Waals surface area contributed by atoms with E-state index in [0.717, 1.165) is 22.5 Å². The average Bonchev–Trinajstić information content (AvgIpc) is 3.40. The summed E-state index contributed by atoms with van der Waals surface area (Å²) < 4.78 is 26.8. The molecule has 0 spiro atoms. The van der Waals surface area contributed by atoms with Crippen molar-refractivity contribution in [2.75, 3.05) is 48.0 Å². The normalized spacial score (nSPS) is 17.6.